The zero-order valence-electron chi connectivity index (χ0n) is 20.0. The number of anilines is 3. The molecule has 0 saturated heterocycles. The van der Waals surface area contributed by atoms with Crippen LogP contribution in [0.25, 0.3) is 16.7 Å². The number of nitrogens with one attached hydrogen (secondary N) is 2. The van der Waals surface area contributed by atoms with Crippen LogP contribution in [-0.2, 0) is 11.8 Å². The minimum atomic E-state index is -0.594. The average molecular weight is 490 g/mol. The molecule has 9 nitrogen and oxygen atoms in total. The Kier molecular flexibility index (Phi) is 5.58. The third-order valence-electron chi connectivity index (χ3n) is 6.18. The summed E-state index contributed by atoms with van der Waals surface area (Å²) in [6.07, 6.45) is 1.35. The van der Waals surface area contributed by atoms with Gasteiger partial charge in [0.1, 0.15) is 16.9 Å². The lowest BCUT2D eigenvalue weighted by atomic mass is 10.2. The molecule has 2 N–H and O–H groups in total. The van der Waals surface area contributed by atoms with Crippen LogP contribution in [-0.4, -0.2) is 19.6 Å². The van der Waals surface area contributed by atoms with Gasteiger partial charge < -0.3 is 10.6 Å². The predicted molar refractivity (Wildman–Crippen MR) is 136 cm³/mol. The highest BCUT2D eigenvalue weighted by molar-refractivity contribution is 5.92. The molecule has 4 aromatic rings. The Morgan fingerprint density at radius 3 is 2.44 bits per heavy atom. The summed E-state index contributed by atoms with van der Waals surface area (Å²) < 4.78 is 18.4. The highest BCUT2D eigenvalue weighted by Crippen LogP contribution is 2.33. The molecule has 2 aromatic carbocycles. The second-order valence-corrected chi connectivity index (χ2v) is 9.02. The molecule has 0 atom stereocenters. The van der Waals surface area contributed by atoms with Gasteiger partial charge in [-0.1, -0.05) is 12.1 Å². The predicted octanol–water partition coefficient (Wildman–Crippen LogP) is 3.34. The van der Waals surface area contributed by atoms with Crippen molar-refractivity contribution in [3.8, 4) is 5.69 Å². The van der Waals surface area contributed by atoms with E-state index in [2.05, 4.69) is 10.6 Å². The average Bonchev–Trinajstić information content (AvgIpc) is 3.63. The Labute approximate surface area is 204 Å². The lowest BCUT2D eigenvalue weighted by Gasteiger charge is -2.19. The normalized spacial score (nSPS) is 13.1. The van der Waals surface area contributed by atoms with Gasteiger partial charge in [-0.25, -0.2) is 13.8 Å². The summed E-state index contributed by atoms with van der Waals surface area (Å²) in [6.45, 7) is 3.12. The molecule has 0 radical (unpaired) electrons. The molecule has 2 heterocycles. The number of nitrogens with zero attached hydrogens (tertiary/aromatic N) is 3. The van der Waals surface area contributed by atoms with Crippen molar-refractivity contribution in [3.05, 3.63) is 91.1 Å². The zero-order chi connectivity index (χ0) is 25.7. The number of pyridine rings is 1. The molecule has 0 bridgehead atoms. The number of halogens is 1. The molecule has 36 heavy (non-hydrogen) atoms. The van der Waals surface area contributed by atoms with Crippen LogP contribution in [0, 0.1) is 12.7 Å². The van der Waals surface area contributed by atoms with Crippen LogP contribution in [0.3, 0.4) is 0 Å². The maximum atomic E-state index is 14.7. The summed E-state index contributed by atoms with van der Waals surface area (Å²) in [7, 11) is 1.47. The first-order valence-corrected chi connectivity index (χ1v) is 11.5. The van der Waals surface area contributed by atoms with Crippen LogP contribution in [0.2, 0.25) is 0 Å². The van der Waals surface area contributed by atoms with Gasteiger partial charge in [0.2, 0.25) is 5.91 Å². The maximum absolute atomic E-state index is 14.7. The van der Waals surface area contributed by atoms with E-state index >= 15 is 0 Å². The third-order valence-corrected chi connectivity index (χ3v) is 6.18. The summed E-state index contributed by atoms with van der Waals surface area (Å²) in [5, 5.41) is 5.66. The SMILES string of the molecule is CC(=O)Nc1cccc(-n2c(=O)n(C3CC3)c(=O)c3c(Nc4ccc(C)cc4F)cc(=O)n(C)c32)c1. The number of hydrogen-bond acceptors (Lipinski definition) is 5. The van der Waals surface area contributed by atoms with Crippen molar-refractivity contribution in [2.75, 3.05) is 10.6 Å². The maximum Gasteiger partial charge on any atom is 0.337 e. The summed E-state index contributed by atoms with van der Waals surface area (Å²) in [6, 6.07) is 12.1. The van der Waals surface area contributed by atoms with Gasteiger partial charge in [-0.2, -0.15) is 0 Å². The fourth-order valence-electron chi connectivity index (χ4n) is 4.34. The molecular formula is C26H24FN5O4. The van der Waals surface area contributed by atoms with Gasteiger partial charge in [-0.05, 0) is 55.7 Å². The van der Waals surface area contributed by atoms with Gasteiger partial charge in [-0.3, -0.25) is 23.5 Å². The van der Waals surface area contributed by atoms with E-state index in [1.54, 1.807) is 37.3 Å². The minimum absolute atomic E-state index is 0.0596. The zero-order valence-corrected chi connectivity index (χ0v) is 20.0. The molecular weight excluding hydrogens is 465 g/mol. The fourth-order valence-corrected chi connectivity index (χ4v) is 4.34. The van der Waals surface area contributed by atoms with E-state index in [9.17, 15) is 23.6 Å². The molecule has 1 aliphatic rings. The van der Waals surface area contributed by atoms with Crippen LogP contribution in [0.4, 0.5) is 21.5 Å². The van der Waals surface area contributed by atoms with E-state index in [0.717, 1.165) is 5.56 Å². The van der Waals surface area contributed by atoms with Crippen molar-refractivity contribution >= 4 is 34.0 Å². The van der Waals surface area contributed by atoms with E-state index in [1.165, 1.54) is 45.9 Å². The van der Waals surface area contributed by atoms with Crippen LogP contribution in [0.5, 0.6) is 0 Å². The Balaban J connectivity index is 1.86. The largest absolute Gasteiger partial charge is 0.352 e. The number of benzene rings is 2. The molecule has 0 unspecified atom stereocenters. The van der Waals surface area contributed by atoms with Gasteiger partial charge in [0, 0.05) is 31.8 Å². The lowest BCUT2D eigenvalue weighted by molar-refractivity contribution is -0.114. The van der Waals surface area contributed by atoms with E-state index in [4.69, 9.17) is 0 Å². The monoisotopic (exact) mass is 489 g/mol. The van der Waals surface area contributed by atoms with Gasteiger partial charge in [0.05, 0.1) is 17.1 Å². The lowest BCUT2D eigenvalue weighted by Crippen LogP contribution is -2.41. The Morgan fingerprint density at radius 1 is 1.03 bits per heavy atom. The molecule has 10 heteroatoms. The number of carbonyl (C=O) groups is 1. The number of rotatable bonds is 5. The summed E-state index contributed by atoms with van der Waals surface area (Å²) >= 11 is 0. The van der Waals surface area contributed by atoms with E-state index in [-0.39, 0.29) is 34.4 Å². The molecule has 2 aromatic heterocycles. The Morgan fingerprint density at radius 2 is 1.78 bits per heavy atom. The molecule has 1 fully saturated rings. The van der Waals surface area contributed by atoms with Crippen molar-refractivity contribution in [1.29, 1.82) is 0 Å². The molecule has 1 aliphatic carbocycles. The summed E-state index contributed by atoms with van der Waals surface area (Å²) in [5.41, 5.74) is 0.137. The first-order chi connectivity index (χ1) is 17.2. The molecule has 5 rings (SSSR count). The number of fused-ring (bicyclic) bond motifs is 1. The van der Waals surface area contributed by atoms with Crippen molar-refractivity contribution in [3.63, 3.8) is 0 Å². The Hall–Kier alpha value is -4.47. The number of aromatic nitrogens is 3. The number of aryl methyl sites for hydroxylation is 2. The molecule has 0 aliphatic heterocycles. The van der Waals surface area contributed by atoms with E-state index in [1.807, 2.05) is 0 Å². The number of hydrogen-bond donors (Lipinski definition) is 2. The van der Waals surface area contributed by atoms with Gasteiger partial charge in [0.25, 0.3) is 11.1 Å². The van der Waals surface area contributed by atoms with Gasteiger partial charge in [0.15, 0.2) is 0 Å². The molecule has 1 amide bonds. The van der Waals surface area contributed by atoms with Crippen LogP contribution < -0.4 is 27.4 Å². The summed E-state index contributed by atoms with van der Waals surface area (Å²) in [5.74, 6) is -0.825. The topological polar surface area (TPSA) is 107 Å². The van der Waals surface area contributed by atoms with Crippen LogP contribution in [0.1, 0.15) is 31.4 Å². The van der Waals surface area contributed by atoms with E-state index < -0.39 is 22.6 Å². The highest BCUT2D eigenvalue weighted by atomic mass is 19.1. The molecule has 0 spiro atoms. The van der Waals surface area contributed by atoms with Crippen molar-refractivity contribution in [2.45, 2.75) is 32.7 Å². The number of amides is 1. The first kappa shape index (κ1) is 23.3. The number of carbonyl (C=O) groups excluding carboxylic acids is 1. The fraction of sp³-hybridized carbons (Fsp3) is 0.231. The highest BCUT2D eigenvalue weighted by Gasteiger charge is 2.31. The van der Waals surface area contributed by atoms with Crippen LogP contribution >= 0.6 is 0 Å². The van der Waals surface area contributed by atoms with Gasteiger partial charge >= 0.3 is 5.69 Å². The first-order valence-electron chi connectivity index (χ1n) is 11.5. The molecule has 184 valence electrons. The second kappa shape index (κ2) is 8.63. The van der Waals surface area contributed by atoms with Crippen molar-refractivity contribution < 1.29 is 9.18 Å². The third kappa shape index (κ3) is 4.00. The van der Waals surface area contributed by atoms with Crippen molar-refractivity contribution in [2.24, 2.45) is 7.05 Å². The summed E-state index contributed by atoms with van der Waals surface area (Å²) in [4.78, 5) is 51.9. The van der Waals surface area contributed by atoms with Crippen molar-refractivity contribution in [1.82, 2.24) is 13.7 Å². The Bertz CT molecular complexity index is 1730. The quantitative estimate of drug-likeness (QED) is 0.447. The second-order valence-electron chi connectivity index (χ2n) is 9.02. The smallest absolute Gasteiger partial charge is 0.337 e. The minimum Gasteiger partial charge on any atom is -0.352 e. The molecule has 1 saturated carbocycles. The van der Waals surface area contributed by atoms with Crippen LogP contribution in [0.15, 0.2) is 62.9 Å². The standard InChI is InChI=1S/C26H24FN5O4/c1-14-7-10-20(19(27)11-14)29-21-13-22(34)30(3)24-23(21)25(35)32(17-8-9-17)26(36)31(24)18-6-4-5-16(12-18)28-15(2)33/h4-7,10-13,17,29H,8-9H2,1-3H3,(H,28,33). The van der Waals surface area contributed by atoms with Gasteiger partial charge in [-0.15, -0.1) is 0 Å². The van der Waals surface area contributed by atoms with E-state index in [0.29, 0.717) is 24.2 Å².